The lowest BCUT2D eigenvalue weighted by Crippen LogP contribution is -2.18. The van der Waals surface area contributed by atoms with Gasteiger partial charge in [0, 0.05) is 11.6 Å². The molecule has 1 aliphatic rings. The molecule has 17 heavy (non-hydrogen) atoms. The zero-order chi connectivity index (χ0) is 12.3. The maximum absolute atomic E-state index is 9.06. The van der Waals surface area contributed by atoms with Crippen LogP contribution in [0.4, 0.5) is 5.82 Å². The molecule has 0 saturated heterocycles. The zero-order valence-electron chi connectivity index (χ0n) is 10.6. The summed E-state index contributed by atoms with van der Waals surface area (Å²) in [6.45, 7) is 4.30. The highest BCUT2D eigenvalue weighted by Crippen LogP contribution is 2.29. The van der Waals surface area contributed by atoms with E-state index in [1.54, 1.807) is 0 Å². The van der Waals surface area contributed by atoms with Crippen LogP contribution < -0.4 is 0 Å². The number of unbranched alkanes of at least 4 members (excludes halogenated alkanes) is 1. The summed E-state index contributed by atoms with van der Waals surface area (Å²) >= 11 is 0. The summed E-state index contributed by atoms with van der Waals surface area (Å²) in [6, 6.07) is 3.95. The highest BCUT2D eigenvalue weighted by molar-refractivity contribution is 5.88. The van der Waals surface area contributed by atoms with Gasteiger partial charge in [-0.15, -0.1) is 0 Å². The molecular formula is C14H20N2O. The molecule has 1 aromatic heterocycles. The van der Waals surface area contributed by atoms with Crippen molar-refractivity contribution in [2.24, 2.45) is 10.9 Å². The Morgan fingerprint density at radius 1 is 1.41 bits per heavy atom. The van der Waals surface area contributed by atoms with Crippen LogP contribution in [-0.2, 0) is 13.0 Å². The molecule has 1 aliphatic heterocycles. The van der Waals surface area contributed by atoms with Gasteiger partial charge in [0.05, 0.1) is 12.3 Å². The zero-order valence-corrected chi connectivity index (χ0v) is 10.6. The van der Waals surface area contributed by atoms with Crippen molar-refractivity contribution in [2.75, 3.05) is 0 Å². The Kier molecular flexibility index (Phi) is 3.89. The van der Waals surface area contributed by atoms with Crippen LogP contribution in [0.5, 0.6) is 0 Å². The maximum Gasteiger partial charge on any atom is 0.155 e. The molecule has 2 heterocycles. The minimum Gasteiger partial charge on any atom is -0.390 e. The lowest BCUT2D eigenvalue weighted by Gasteiger charge is -2.22. The Bertz CT molecular complexity index is 426. The molecule has 0 aliphatic carbocycles. The minimum atomic E-state index is -0.0128. The number of fused-ring (bicyclic) bond motifs is 1. The van der Waals surface area contributed by atoms with Crippen LogP contribution in [0.1, 0.15) is 44.4 Å². The molecule has 0 aromatic carbocycles. The summed E-state index contributed by atoms with van der Waals surface area (Å²) in [7, 11) is 0. The third kappa shape index (κ3) is 2.72. The first-order chi connectivity index (χ1) is 8.24. The van der Waals surface area contributed by atoms with E-state index >= 15 is 0 Å². The first-order valence-electron chi connectivity index (χ1n) is 6.39. The van der Waals surface area contributed by atoms with Crippen LogP contribution >= 0.6 is 0 Å². The lowest BCUT2D eigenvalue weighted by molar-refractivity contribution is 0.277. The quantitative estimate of drug-likeness (QED) is 0.867. The average Bonchev–Trinajstić information content (AvgIpc) is 2.35. The highest BCUT2D eigenvalue weighted by Gasteiger charge is 2.20. The molecule has 2 rings (SSSR count). The molecule has 3 heteroatoms. The molecule has 0 bridgehead atoms. The van der Waals surface area contributed by atoms with E-state index in [-0.39, 0.29) is 6.61 Å². The second kappa shape index (κ2) is 5.41. The van der Waals surface area contributed by atoms with Crippen molar-refractivity contribution in [2.45, 2.75) is 46.1 Å². The number of aliphatic hydroxyl groups excluding tert-OH is 1. The third-order valence-corrected chi connectivity index (χ3v) is 3.42. The van der Waals surface area contributed by atoms with Gasteiger partial charge in [-0.25, -0.2) is 9.98 Å². The number of nitrogens with zero attached hydrogens (tertiary/aromatic N) is 2. The number of aliphatic imine (C=N–C) groups is 1. The van der Waals surface area contributed by atoms with Gasteiger partial charge >= 0.3 is 0 Å². The lowest BCUT2D eigenvalue weighted by atomic mass is 9.88. The molecular weight excluding hydrogens is 212 g/mol. The molecule has 0 amide bonds. The highest BCUT2D eigenvalue weighted by atomic mass is 16.3. The fourth-order valence-electron chi connectivity index (χ4n) is 2.29. The normalized spacial score (nSPS) is 18.8. The van der Waals surface area contributed by atoms with Gasteiger partial charge in [0.1, 0.15) is 0 Å². The van der Waals surface area contributed by atoms with Crippen molar-refractivity contribution in [3.63, 3.8) is 0 Å². The molecule has 1 aromatic rings. The number of rotatable bonds is 4. The van der Waals surface area contributed by atoms with Gasteiger partial charge in [0.25, 0.3) is 0 Å². The summed E-state index contributed by atoms with van der Waals surface area (Å²) in [4.78, 5) is 8.94. The van der Waals surface area contributed by atoms with E-state index in [2.05, 4.69) is 29.9 Å². The summed E-state index contributed by atoms with van der Waals surface area (Å²) in [5, 5.41) is 9.06. The van der Waals surface area contributed by atoms with Gasteiger partial charge in [0.2, 0.25) is 0 Å². The van der Waals surface area contributed by atoms with Crippen molar-refractivity contribution in [3.8, 4) is 0 Å². The van der Waals surface area contributed by atoms with Crippen molar-refractivity contribution in [1.29, 1.82) is 0 Å². The second-order valence-electron chi connectivity index (χ2n) is 4.74. The molecule has 0 fully saturated rings. The summed E-state index contributed by atoms with van der Waals surface area (Å²) in [5.41, 5.74) is 3.11. The monoisotopic (exact) mass is 232 g/mol. The van der Waals surface area contributed by atoms with E-state index in [0.717, 1.165) is 12.2 Å². The maximum atomic E-state index is 9.06. The largest absolute Gasteiger partial charge is 0.390 e. The predicted octanol–water partition coefficient (Wildman–Crippen LogP) is 3.03. The van der Waals surface area contributed by atoms with Crippen LogP contribution in [0.15, 0.2) is 17.1 Å². The standard InChI is InChI=1S/C14H20N2O/c1-3-4-5-11-8-12-6-7-13(9-17)16-14(12)15-10(11)2/h6-7,11,17H,3-5,8-9H2,1-2H3. The van der Waals surface area contributed by atoms with Gasteiger partial charge < -0.3 is 5.11 Å². The van der Waals surface area contributed by atoms with Gasteiger partial charge in [-0.3, -0.25) is 0 Å². The molecule has 1 unspecified atom stereocenters. The van der Waals surface area contributed by atoms with Gasteiger partial charge in [-0.05, 0) is 31.4 Å². The molecule has 1 N–H and O–H groups in total. The topological polar surface area (TPSA) is 45.5 Å². The van der Waals surface area contributed by atoms with E-state index in [0.29, 0.717) is 11.6 Å². The van der Waals surface area contributed by atoms with Gasteiger partial charge in [-0.2, -0.15) is 0 Å². The van der Waals surface area contributed by atoms with Crippen LogP contribution in [0.3, 0.4) is 0 Å². The Morgan fingerprint density at radius 3 is 2.94 bits per heavy atom. The number of hydrogen-bond acceptors (Lipinski definition) is 3. The molecule has 3 nitrogen and oxygen atoms in total. The summed E-state index contributed by atoms with van der Waals surface area (Å²) in [5.74, 6) is 1.38. The van der Waals surface area contributed by atoms with E-state index < -0.39 is 0 Å². The van der Waals surface area contributed by atoms with E-state index in [4.69, 9.17) is 5.11 Å². The number of hydrogen-bond donors (Lipinski definition) is 1. The Balaban J connectivity index is 2.20. The van der Waals surface area contributed by atoms with Crippen molar-refractivity contribution < 1.29 is 5.11 Å². The van der Waals surface area contributed by atoms with Crippen molar-refractivity contribution in [3.05, 3.63) is 23.4 Å². The number of pyridine rings is 1. The Labute approximate surface area is 103 Å². The smallest absolute Gasteiger partial charge is 0.155 e. The Hall–Kier alpha value is -1.22. The molecule has 0 saturated carbocycles. The van der Waals surface area contributed by atoms with Crippen LogP contribution in [0.2, 0.25) is 0 Å². The molecule has 1 atom stereocenters. The molecule has 92 valence electrons. The van der Waals surface area contributed by atoms with E-state index in [1.807, 2.05) is 6.07 Å². The molecule has 0 spiro atoms. The molecule has 0 radical (unpaired) electrons. The van der Waals surface area contributed by atoms with Crippen molar-refractivity contribution in [1.82, 2.24) is 4.98 Å². The van der Waals surface area contributed by atoms with Crippen LogP contribution in [0, 0.1) is 5.92 Å². The number of aliphatic hydroxyl groups is 1. The van der Waals surface area contributed by atoms with Crippen LogP contribution in [-0.4, -0.2) is 15.8 Å². The fraction of sp³-hybridized carbons (Fsp3) is 0.571. The van der Waals surface area contributed by atoms with Crippen molar-refractivity contribution >= 4 is 11.5 Å². The van der Waals surface area contributed by atoms with E-state index in [1.165, 1.54) is 30.5 Å². The SMILES string of the molecule is CCCCC1Cc2ccc(CO)nc2N=C1C. The van der Waals surface area contributed by atoms with Gasteiger partial charge in [0.15, 0.2) is 5.82 Å². The van der Waals surface area contributed by atoms with Gasteiger partial charge in [-0.1, -0.05) is 25.8 Å². The fourth-order valence-corrected chi connectivity index (χ4v) is 2.29. The average molecular weight is 232 g/mol. The van der Waals surface area contributed by atoms with Crippen LogP contribution in [0.25, 0.3) is 0 Å². The summed E-state index contributed by atoms with van der Waals surface area (Å²) in [6.07, 6.45) is 4.75. The first-order valence-corrected chi connectivity index (χ1v) is 6.39. The predicted molar refractivity (Wildman–Crippen MR) is 69.6 cm³/mol. The summed E-state index contributed by atoms with van der Waals surface area (Å²) < 4.78 is 0. The Morgan fingerprint density at radius 2 is 2.24 bits per heavy atom. The second-order valence-corrected chi connectivity index (χ2v) is 4.74. The number of aromatic nitrogens is 1. The van der Waals surface area contributed by atoms with E-state index in [9.17, 15) is 0 Å². The minimum absolute atomic E-state index is 0.0128. The first kappa shape index (κ1) is 12.2. The third-order valence-electron chi connectivity index (χ3n) is 3.42.